The molecule has 1 atom stereocenters. The first kappa shape index (κ1) is 18.9. The fourth-order valence-corrected chi connectivity index (χ4v) is 3.64. The lowest BCUT2D eigenvalue weighted by molar-refractivity contribution is -0.136. The number of nitrogens with one attached hydrogen (secondary N) is 2. The molecule has 0 aliphatic rings. The summed E-state index contributed by atoms with van der Waals surface area (Å²) in [5.41, 5.74) is -0.799. The molecule has 140 valence electrons. The lowest BCUT2D eigenvalue weighted by atomic mass is 10.0. The highest BCUT2D eigenvalue weighted by atomic mass is 32.1. The molecular formula is C20H20N2O4S. The first-order valence-electron chi connectivity index (χ1n) is 8.34. The molecule has 2 aromatic carbocycles. The third-order valence-corrected chi connectivity index (χ3v) is 5.47. The van der Waals surface area contributed by atoms with Crippen LogP contribution < -0.4 is 15.4 Å². The monoisotopic (exact) mass is 384 g/mol. The lowest BCUT2D eigenvalue weighted by Gasteiger charge is -2.22. The van der Waals surface area contributed by atoms with Crippen LogP contribution in [0.2, 0.25) is 0 Å². The molecule has 0 bridgehead atoms. The number of ether oxygens (including phenoxy) is 1. The quantitative estimate of drug-likeness (QED) is 0.590. The van der Waals surface area contributed by atoms with Gasteiger partial charge in [-0.25, -0.2) is 0 Å². The zero-order valence-electron chi connectivity index (χ0n) is 15.0. The Balaban J connectivity index is 1.60. The Labute approximate surface area is 160 Å². The van der Waals surface area contributed by atoms with Crippen LogP contribution in [0, 0.1) is 0 Å². The van der Waals surface area contributed by atoms with Crippen molar-refractivity contribution >= 4 is 38.9 Å². The average molecular weight is 384 g/mol. The maximum Gasteiger partial charge on any atom is 0.313 e. The van der Waals surface area contributed by atoms with Crippen molar-refractivity contribution in [3.8, 4) is 5.75 Å². The van der Waals surface area contributed by atoms with E-state index in [-0.39, 0.29) is 6.54 Å². The number of aliphatic hydroxyl groups is 1. The molecule has 0 radical (unpaired) electrons. The molecule has 0 aliphatic heterocycles. The van der Waals surface area contributed by atoms with E-state index in [1.54, 1.807) is 38.3 Å². The van der Waals surface area contributed by atoms with E-state index in [0.717, 1.165) is 15.0 Å². The number of carbonyl (C=O) groups excluding carboxylic acids is 2. The van der Waals surface area contributed by atoms with Gasteiger partial charge in [0.2, 0.25) is 0 Å². The van der Waals surface area contributed by atoms with Crippen molar-refractivity contribution in [2.75, 3.05) is 19.0 Å². The molecule has 27 heavy (non-hydrogen) atoms. The maximum absolute atomic E-state index is 12.1. The van der Waals surface area contributed by atoms with Crippen LogP contribution in [0.5, 0.6) is 5.75 Å². The van der Waals surface area contributed by atoms with Crippen molar-refractivity contribution in [2.24, 2.45) is 0 Å². The third kappa shape index (κ3) is 4.45. The molecule has 1 unspecified atom stereocenters. The van der Waals surface area contributed by atoms with Crippen LogP contribution in [-0.2, 0) is 15.2 Å². The number of carbonyl (C=O) groups is 2. The number of hydrogen-bond acceptors (Lipinski definition) is 5. The summed E-state index contributed by atoms with van der Waals surface area (Å²) in [6.07, 6.45) is 0. The van der Waals surface area contributed by atoms with E-state index in [1.807, 2.05) is 30.3 Å². The summed E-state index contributed by atoms with van der Waals surface area (Å²) >= 11 is 1.46. The summed E-state index contributed by atoms with van der Waals surface area (Å²) in [7, 11) is 1.55. The fraction of sp³-hybridized carbons (Fsp3) is 0.200. The van der Waals surface area contributed by atoms with Gasteiger partial charge in [0.05, 0.1) is 13.7 Å². The summed E-state index contributed by atoms with van der Waals surface area (Å²) in [5, 5.41) is 16.7. The second-order valence-electron chi connectivity index (χ2n) is 6.29. The summed E-state index contributed by atoms with van der Waals surface area (Å²) in [6, 6.07) is 16.3. The van der Waals surface area contributed by atoms with E-state index < -0.39 is 17.4 Å². The standard InChI is InChI=1S/C20H20N2O4S/c1-20(25,17-11-13-5-3-4-6-16(13)27-17)12-21-18(23)19(24)22-14-7-9-15(26-2)10-8-14/h3-11,25H,12H2,1-2H3,(H,21,23)(H,22,24). The summed E-state index contributed by atoms with van der Waals surface area (Å²) in [4.78, 5) is 24.8. The number of benzene rings is 2. The predicted molar refractivity (Wildman–Crippen MR) is 106 cm³/mol. The molecule has 2 amide bonds. The van der Waals surface area contributed by atoms with Crippen molar-refractivity contribution in [2.45, 2.75) is 12.5 Å². The fourth-order valence-electron chi connectivity index (χ4n) is 2.53. The number of amides is 2. The largest absolute Gasteiger partial charge is 0.497 e. The topological polar surface area (TPSA) is 87.7 Å². The van der Waals surface area contributed by atoms with Crippen molar-refractivity contribution in [3.05, 3.63) is 59.5 Å². The van der Waals surface area contributed by atoms with Gasteiger partial charge < -0.3 is 20.5 Å². The Morgan fingerprint density at radius 1 is 1.11 bits per heavy atom. The second-order valence-corrected chi connectivity index (χ2v) is 7.37. The van der Waals surface area contributed by atoms with Gasteiger partial charge in [-0.1, -0.05) is 18.2 Å². The minimum Gasteiger partial charge on any atom is -0.497 e. The minimum atomic E-state index is -1.28. The molecule has 1 aromatic heterocycles. The van der Waals surface area contributed by atoms with E-state index in [1.165, 1.54) is 11.3 Å². The lowest BCUT2D eigenvalue weighted by Crippen LogP contribution is -2.42. The highest BCUT2D eigenvalue weighted by Crippen LogP contribution is 2.32. The number of rotatable bonds is 5. The Morgan fingerprint density at radius 3 is 2.48 bits per heavy atom. The van der Waals surface area contributed by atoms with E-state index in [0.29, 0.717) is 11.4 Å². The average Bonchev–Trinajstić information content (AvgIpc) is 3.12. The van der Waals surface area contributed by atoms with Gasteiger partial charge in [-0.3, -0.25) is 9.59 Å². The Kier molecular flexibility index (Phi) is 5.43. The molecule has 1 heterocycles. The highest BCUT2D eigenvalue weighted by Gasteiger charge is 2.27. The highest BCUT2D eigenvalue weighted by molar-refractivity contribution is 7.19. The Bertz CT molecular complexity index is 931. The molecule has 3 N–H and O–H groups in total. The molecule has 3 aromatic rings. The summed E-state index contributed by atoms with van der Waals surface area (Å²) in [5.74, 6) is -0.962. The third-order valence-electron chi connectivity index (χ3n) is 4.10. The smallest absolute Gasteiger partial charge is 0.313 e. The van der Waals surface area contributed by atoms with Gasteiger partial charge in [0.25, 0.3) is 0 Å². The van der Waals surface area contributed by atoms with E-state index in [4.69, 9.17) is 4.74 Å². The zero-order chi connectivity index (χ0) is 19.4. The van der Waals surface area contributed by atoms with E-state index in [2.05, 4.69) is 10.6 Å². The maximum atomic E-state index is 12.1. The Morgan fingerprint density at radius 2 is 1.81 bits per heavy atom. The van der Waals surface area contributed by atoms with Gasteiger partial charge in [0.1, 0.15) is 11.4 Å². The van der Waals surface area contributed by atoms with Crippen LogP contribution >= 0.6 is 11.3 Å². The molecule has 0 fully saturated rings. The number of hydrogen-bond donors (Lipinski definition) is 3. The molecule has 0 aliphatic carbocycles. The first-order valence-corrected chi connectivity index (χ1v) is 9.15. The van der Waals surface area contributed by atoms with Gasteiger partial charge in [-0.15, -0.1) is 11.3 Å². The van der Waals surface area contributed by atoms with Gasteiger partial charge in [-0.05, 0) is 48.7 Å². The Hall–Kier alpha value is -2.90. The summed E-state index contributed by atoms with van der Waals surface area (Å²) < 4.78 is 6.09. The van der Waals surface area contributed by atoms with Gasteiger partial charge in [-0.2, -0.15) is 0 Å². The van der Waals surface area contributed by atoms with E-state index >= 15 is 0 Å². The molecule has 3 rings (SSSR count). The zero-order valence-corrected chi connectivity index (χ0v) is 15.8. The van der Waals surface area contributed by atoms with Crippen LogP contribution in [-0.4, -0.2) is 30.6 Å². The normalized spacial score (nSPS) is 13.0. The van der Waals surface area contributed by atoms with Crippen molar-refractivity contribution in [1.29, 1.82) is 0 Å². The number of methoxy groups -OCH3 is 1. The SMILES string of the molecule is COc1ccc(NC(=O)C(=O)NCC(C)(O)c2cc3ccccc3s2)cc1. The number of thiophene rings is 1. The van der Waals surface area contributed by atoms with Crippen LogP contribution in [0.4, 0.5) is 5.69 Å². The van der Waals surface area contributed by atoms with Gasteiger partial charge >= 0.3 is 11.8 Å². The van der Waals surface area contributed by atoms with Gasteiger partial charge in [0, 0.05) is 15.3 Å². The van der Waals surface area contributed by atoms with Crippen LogP contribution in [0.1, 0.15) is 11.8 Å². The molecule has 7 heteroatoms. The van der Waals surface area contributed by atoms with E-state index in [9.17, 15) is 14.7 Å². The van der Waals surface area contributed by atoms with Gasteiger partial charge in [0.15, 0.2) is 0 Å². The first-order chi connectivity index (χ1) is 12.9. The second kappa shape index (κ2) is 7.77. The molecule has 6 nitrogen and oxygen atoms in total. The number of fused-ring (bicyclic) bond motifs is 1. The molecule has 0 saturated carbocycles. The van der Waals surface area contributed by atoms with Crippen LogP contribution in [0.3, 0.4) is 0 Å². The van der Waals surface area contributed by atoms with Crippen molar-refractivity contribution < 1.29 is 19.4 Å². The van der Waals surface area contributed by atoms with Crippen LogP contribution in [0.25, 0.3) is 10.1 Å². The van der Waals surface area contributed by atoms with Crippen molar-refractivity contribution in [3.63, 3.8) is 0 Å². The predicted octanol–water partition coefficient (Wildman–Crippen LogP) is 2.87. The van der Waals surface area contributed by atoms with Crippen LogP contribution in [0.15, 0.2) is 54.6 Å². The summed E-state index contributed by atoms with van der Waals surface area (Å²) in [6.45, 7) is 1.54. The number of anilines is 1. The molecular weight excluding hydrogens is 364 g/mol. The minimum absolute atomic E-state index is 0.0747. The van der Waals surface area contributed by atoms with Crippen molar-refractivity contribution in [1.82, 2.24) is 5.32 Å². The molecule has 0 saturated heterocycles. The molecule has 0 spiro atoms.